The first kappa shape index (κ1) is 15.9. The molecule has 0 radical (unpaired) electrons. The summed E-state index contributed by atoms with van der Waals surface area (Å²) in [5.74, 6) is -6.55. The number of anilines is 1. The highest BCUT2D eigenvalue weighted by molar-refractivity contribution is 6.23. The van der Waals surface area contributed by atoms with Gasteiger partial charge >= 0.3 is 5.97 Å². The molecule has 6 unspecified atom stereocenters. The lowest BCUT2D eigenvalue weighted by molar-refractivity contribution is -0.137. The second-order valence-corrected chi connectivity index (χ2v) is 7.36. The predicted molar refractivity (Wildman–Crippen MR) is 89.1 cm³/mol. The SMILES string of the molecule is O=C(O)c1cccc(N2C(=O)C3C4C=CC(C5C(=O)NC(=O)C45)C3C2=O)c1. The fourth-order valence-electron chi connectivity index (χ4n) is 5.18. The maximum Gasteiger partial charge on any atom is 0.335 e. The minimum atomic E-state index is -1.16. The summed E-state index contributed by atoms with van der Waals surface area (Å²) in [6, 6.07) is 5.64. The molecule has 6 atom stereocenters. The molecule has 3 fully saturated rings. The summed E-state index contributed by atoms with van der Waals surface area (Å²) in [6.07, 6.45) is 3.54. The van der Waals surface area contributed by atoms with Crippen LogP contribution in [-0.2, 0) is 19.2 Å². The minimum Gasteiger partial charge on any atom is -0.478 e. The number of nitrogens with zero attached hydrogens (tertiary/aromatic N) is 1. The van der Waals surface area contributed by atoms with Crippen molar-refractivity contribution < 1.29 is 29.1 Å². The number of hydrogen-bond donors (Lipinski definition) is 2. The lowest BCUT2D eigenvalue weighted by Crippen LogP contribution is -2.50. The van der Waals surface area contributed by atoms with E-state index in [1.807, 2.05) is 0 Å². The van der Waals surface area contributed by atoms with Crippen molar-refractivity contribution >= 4 is 35.3 Å². The largest absolute Gasteiger partial charge is 0.478 e. The van der Waals surface area contributed by atoms with Gasteiger partial charge in [-0.25, -0.2) is 9.69 Å². The van der Waals surface area contributed by atoms with Gasteiger partial charge in [0.1, 0.15) is 0 Å². The Kier molecular flexibility index (Phi) is 3.02. The Bertz CT molecular complexity index is 934. The van der Waals surface area contributed by atoms with E-state index in [2.05, 4.69) is 5.32 Å². The van der Waals surface area contributed by atoms with Gasteiger partial charge in [-0.3, -0.25) is 24.5 Å². The number of benzene rings is 1. The van der Waals surface area contributed by atoms with Crippen molar-refractivity contribution in [1.29, 1.82) is 0 Å². The molecular weight excluding hydrogens is 352 g/mol. The van der Waals surface area contributed by atoms with Crippen LogP contribution in [0, 0.1) is 35.5 Å². The molecule has 136 valence electrons. The summed E-state index contributed by atoms with van der Waals surface area (Å²) in [6.45, 7) is 0. The Labute approximate surface area is 152 Å². The molecule has 2 bridgehead atoms. The molecule has 1 aromatic rings. The summed E-state index contributed by atoms with van der Waals surface area (Å²) in [4.78, 5) is 62.9. The zero-order chi connectivity index (χ0) is 19.0. The summed E-state index contributed by atoms with van der Waals surface area (Å²) in [5.41, 5.74) is 0.162. The maximum atomic E-state index is 13.1. The lowest BCUT2D eigenvalue weighted by Gasteiger charge is -2.44. The molecule has 6 rings (SSSR count). The zero-order valence-electron chi connectivity index (χ0n) is 13.9. The van der Waals surface area contributed by atoms with Crippen LogP contribution in [0.4, 0.5) is 5.69 Å². The third kappa shape index (κ3) is 1.89. The average Bonchev–Trinajstić information content (AvgIpc) is 3.11. The first-order chi connectivity index (χ1) is 12.9. The number of carboxylic acids is 1. The van der Waals surface area contributed by atoms with E-state index in [1.54, 1.807) is 12.2 Å². The molecule has 4 amide bonds. The number of carbonyl (C=O) groups is 5. The van der Waals surface area contributed by atoms with Gasteiger partial charge in [0.2, 0.25) is 23.6 Å². The van der Waals surface area contributed by atoms with Crippen LogP contribution in [0.2, 0.25) is 0 Å². The second-order valence-electron chi connectivity index (χ2n) is 7.36. The topological polar surface area (TPSA) is 121 Å². The van der Waals surface area contributed by atoms with Gasteiger partial charge in [-0.1, -0.05) is 18.2 Å². The molecule has 2 aliphatic heterocycles. The number of nitrogens with one attached hydrogen (secondary N) is 1. The van der Waals surface area contributed by atoms with Crippen LogP contribution in [0.1, 0.15) is 10.4 Å². The summed E-state index contributed by atoms with van der Waals surface area (Å²) < 4.78 is 0. The number of hydrogen-bond acceptors (Lipinski definition) is 5. The van der Waals surface area contributed by atoms with Crippen molar-refractivity contribution in [2.45, 2.75) is 0 Å². The van der Waals surface area contributed by atoms with Crippen molar-refractivity contribution in [3.8, 4) is 0 Å². The van der Waals surface area contributed by atoms with Gasteiger partial charge in [0.25, 0.3) is 0 Å². The second kappa shape index (κ2) is 5.12. The number of aromatic carboxylic acids is 1. The van der Waals surface area contributed by atoms with E-state index in [0.29, 0.717) is 0 Å². The zero-order valence-corrected chi connectivity index (χ0v) is 13.9. The van der Waals surface area contributed by atoms with Gasteiger partial charge in [0.05, 0.1) is 34.9 Å². The molecule has 1 aromatic carbocycles. The number of carboxylic acid groups (broad SMARTS) is 1. The highest BCUT2D eigenvalue weighted by Gasteiger charge is 2.67. The Morgan fingerprint density at radius 2 is 1.44 bits per heavy atom. The number of rotatable bonds is 2. The van der Waals surface area contributed by atoms with Crippen LogP contribution in [0.5, 0.6) is 0 Å². The fourth-order valence-corrected chi connectivity index (χ4v) is 5.18. The van der Waals surface area contributed by atoms with Crippen molar-refractivity contribution in [3.05, 3.63) is 42.0 Å². The van der Waals surface area contributed by atoms with E-state index >= 15 is 0 Å². The van der Waals surface area contributed by atoms with Crippen LogP contribution >= 0.6 is 0 Å². The molecule has 27 heavy (non-hydrogen) atoms. The maximum absolute atomic E-state index is 13.1. The molecule has 0 spiro atoms. The van der Waals surface area contributed by atoms with Gasteiger partial charge < -0.3 is 5.11 Å². The third-order valence-electron chi connectivity index (χ3n) is 6.20. The van der Waals surface area contributed by atoms with E-state index in [9.17, 15) is 29.1 Å². The van der Waals surface area contributed by atoms with Crippen LogP contribution in [0.3, 0.4) is 0 Å². The number of amides is 4. The molecule has 5 aliphatic rings. The van der Waals surface area contributed by atoms with E-state index in [4.69, 9.17) is 0 Å². The van der Waals surface area contributed by atoms with Crippen molar-refractivity contribution in [1.82, 2.24) is 5.32 Å². The molecule has 1 saturated carbocycles. The van der Waals surface area contributed by atoms with Crippen LogP contribution in [0.25, 0.3) is 0 Å². The van der Waals surface area contributed by atoms with Crippen LogP contribution in [-0.4, -0.2) is 34.7 Å². The number of carbonyl (C=O) groups excluding carboxylic acids is 4. The van der Waals surface area contributed by atoms with Gasteiger partial charge in [-0.2, -0.15) is 0 Å². The van der Waals surface area contributed by atoms with E-state index in [0.717, 1.165) is 4.90 Å². The van der Waals surface area contributed by atoms with Gasteiger partial charge in [-0.15, -0.1) is 0 Å². The average molecular weight is 366 g/mol. The molecule has 8 nitrogen and oxygen atoms in total. The quantitative estimate of drug-likeness (QED) is 0.570. The van der Waals surface area contributed by atoms with Gasteiger partial charge in [0, 0.05) is 11.8 Å². The Morgan fingerprint density at radius 3 is 1.96 bits per heavy atom. The standard InChI is InChI=1S/C19H14N2O6/c22-15-11-9-4-5-10(12(11)16(23)20-15)14-13(9)17(24)21(18(14)25)8-3-1-2-7(6-8)19(26)27/h1-6,9-14H,(H,26,27)(H,20,22,23). The van der Waals surface area contributed by atoms with Crippen molar-refractivity contribution in [2.75, 3.05) is 4.90 Å². The molecule has 2 heterocycles. The predicted octanol–water partition coefficient (Wildman–Crippen LogP) is 0.195. The third-order valence-corrected chi connectivity index (χ3v) is 6.20. The van der Waals surface area contributed by atoms with Gasteiger partial charge in [-0.05, 0) is 18.2 Å². The number of allylic oxidation sites excluding steroid dienone is 2. The Morgan fingerprint density at radius 1 is 0.889 bits per heavy atom. The first-order valence-electron chi connectivity index (χ1n) is 8.64. The molecule has 8 heteroatoms. The molecule has 2 N–H and O–H groups in total. The Balaban J connectivity index is 1.58. The van der Waals surface area contributed by atoms with Crippen molar-refractivity contribution in [2.24, 2.45) is 35.5 Å². The van der Waals surface area contributed by atoms with Gasteiger partial charge in [0.15, 0.2) is 0 Å². The molecule has 2 saturated heterocycles. The Hall–Kier alpha value is -3.29. The van der Waals surface area contributed by atoms with Crippen LogP contribution in [0.15, 0.2) is 36.4 Å². The lowest BCUT2D eigenvalue weighted by atomic mass is 9.54. The highest BCUT2D eigenvalue weighted by Crippen LogP contribution is 2.56. The number of imide groups is 2. The van der Waals surface area contributed by atoms with E-state index < -0.39 is 65.1 Å². The molecule has 0 aromatic heterocycles. The van der Waals surface area contributed by atoms with Crippen LogP contribution < -0.4 is 10.2 Å². The summed E-state index contributed by atoms with van der Waals surface area (Å²) in [7, 11) is 0. The summed E-state index contributed by atoms with van der Waals surface area (Å²) >= 11 is 0. The van der Waals surface area contributed by atoms with E-state index in [1.165, 1.54) is 24.3 Å². The monoisotopic (exact) mass is 366 g/mol. The first-order valence-corrected chi connectivity index (χ1v) is 8.64. The minimum absolute atomic E-state index is 0.0320. The van der Waals surface area contributed by atoms with E-state index in [-0.39, 0.29) is 11.3 Å². The fraction of sp³-hybridized carbons (Fsp3) is 0.316. The smallest absolute Gasteiger partial charge is 0.335 e. The highest BCUT2D eigenvalue weighted by atomic mass is 16.4. The molecular formula is C19H14N2O6. The van der Waals surface area contributed by atoms with Crippen molar-refractivity contribution in [3.63, 3.8) is 0 Å². The normalized spacial score (nSPS) is 36.1. The summed E-state index contributed by atoms with van der Waals surface area (Å²) in [5, 5.41) is 11.5. The molecule has 3 aliphatic carbocycles.